The van der Waals surface area contributed by atoms with Gasteiger partial charge in [0, 0.05) is 11.6 Å². The monoisotopic (exact) mass is 448 g/mol. The molecule has 1 aliphatic rings. The molecule has 0 bridgehead atoms. The summed E-state index contributed by atoms with van der Waals surface area (Å²) < 4.78 is 17.1. The van der Waals surface area contributed by atoms with Crippen LogP contribution in [0.2, 0.25) is 10.0 Å². The highest BCUT2D eigenvalue weighted by molar-refractivity contribution is 6.34. The fourth-order valence-corrected chi connectivity index (χ4v) is 3.77. The van der Waals surface area contributed by atoms with Gasteiger partial charge in [-0.15, -0.1) is 0 Å². The first-order valence-corrected chi connectivity index (χ1v) is 10.2. The number of hydrogen-bond donors (Lipinski definition) is 1. The van der Waals surface area contributed by atoms with E-state index >= 15 is 0 Å². The number of para-hydroxylation sites is 1. The van der Waals surface area contributed by atoms with E-state index in [0.29, 0.717) is 57.5 Å². The van der Waals surface area contributed by atoms with E-state index in [9.17, 15) is 9.59 Å². The Morgan fingerprint density at radius 3 is 2.63 bits per heavy atom. The van der Waals surface area contributed by atoms with Crippen LogP contribution >= 0.6 is 23.2 Å². The van der Waals surface area contributed by atoms with Gasteiger partial charge in [0.05, 0.1) is 34.1 Å². The first-order chi connectivity index (χ1) is 14.4. The number of carboxylic acid groups (broad SMARTS) is 1. The van der Waals surface area contributed by atoms with Gasteiger partial charge in [0.1, 0.15) is 18.1 Å². The lowest BCUT2D eigenvalue weighted by atomic mass is 9.82. The van der Waals surface area contributed by atoms with Crippen molar-refractivity contribution in [1.29, 1.82) is 0 Å². The molecule has 1 fully saturated rings. The average molecular weight is 449 g/mol. The Hall–Kier alpha value is -2.54. The van der Waals surface area contributed by atoms with Crippen LogP contribution in [0.1, 0.15) is 12.8 Å². The Morgan fingerprint density at radius 1 is 1.10 bits per heavy atom. The van der Waals surface area contributed by atoms with Crippen molar-refractivity contribution in [2.75, 3.05) is 13.2 Å². The zero-order valence-corrected chi connectivity index (χ0v) is 17.3. The number of hydrogen-bond acceptors (Lipinski definition) is 5. The zero-order chi connectivity index (χ0) is 21.3. The number of carboxylic acids is 1. The maximum atomic E-state index is 12.4. The summed E-state index contributed by atoms with van der Waals surface area (Å²) in [5.74, 6) is -0.247. The normalized spacial score (nSPS) is 18.2. The Labute approximate surface area is 181 Å². The second-order valence-corrected chi connectivity index (χ2v) is 7.90. The lowest BCUT2D eigenvalue weighted by molar-refractivity contribution is -0.151. The molecule has 3 aromatic rings. The smallest absolute Gasteiger partial charge is 0.306 e. The van der Waals surface area contributed by atoms with Gasteiger partial charge in [0.25, 0.3) is 0 Å². The fourth-order valence-electron chi connectivity index (χ4n) is 3.33. The third-order valence-corrected chi connectivity index (χ3v) is 5.65. The third kappa shape index (κ3) is 4.31. The summed E-state index contributed by atoms with van der Waals surface area (Å²) in [5.41, 5.74) is 0.761. The molecule has 30 heavy (non-hydrogen) atoms. The van der Waals surface area contributed by atoms with Gasteiger partial charge in [-0.05, 0) is 43.2 Å². The second-order valence-electron chi connectivity index (χ2n) is 7.08. The minimum atomic E-state index is -0.775. The van der Waals surface area contributed by atoms with E-state index in [2.05, 4.69) is 0 Å². The summed E-state index contributed by atoms with van der Waals surface area (Å²) >= 11 is 12.5. The van der Waals surface area contributed by atoms with Crippen LogP contribution in [0.5, 0.6) is 5.75 Å². The Kier molecular flexibility index (Phi) is 5.99. The lowest BCUT2D eigenvalue weighted by Gasteiger charge is -2.31. The molecule has 0 amide bonds. The Morgan fingerprint density at radius 2 is 1.90 bits per heavy atom. The maximum Gasteiger partial charge on any atom is 0.306 e. The van der Waals surface area contributed by atoms with E-state index in [-0.39, 0.29) is 24.1 Å². The molecule has 8 heteroatoms. The minimum Gasteiger partial charge on any atom is -0.490 e. The minimum absolute atomic E-state index is 0.0322. The third-order valence-electron chi connectivity index (χ3n) is 5.06. The molecule has 0 spiro atoms. The molecule has 0 radical (unpaired) electrons. The molecule has 156 valence electrons. The van der Waals surface area contributed by atoms with Crippen LogP contribution < -0.4 is 10.2 Å². The quantitative estimate of drug-likeness (QED) is 0.510. The molecule has 2 aromatic carbocycles. The topological polar surface area (TPSA) is 86.0 Å². The predicted octanol–water partition coefficient (Wildman–Crippen LogP) is 5.03. The number of fused-ring (bicyclic) bond motifs is 1. The average Bonchev–Trinajstić information content (AvgIpc) is 2.67. The van der Waals surface area contributed by atoms with Gasteiger partial charge in [0.2, 0.25) is 0 Å². The summed E-state index contributed by atoms with van der Waals surface area (Å²) in [6, 6.07) is 11.5. The van der Waals surface area contributed by atoms with Crippen molar-refractivity contribution < 1.29 is 23.8 Å². The van der Waals surface area contributed by atoms with Crippen molar-refractivity contribution in [3.05, 3.63) is 62.7 Å². The molecular formula is C22H18Cl2O6. The van der Waals surface area contributed by atoms with Crippen LogP contribution in [0.3, 0.4) is 0 Å². The van der Waals surface area contributed by atoms with Crippen LogP contribution in [-0.2, 0) is 9.53 Å². The van der Waals surface area contributed by atoms with Crippen molar-refractivity contribution >= 4 is 40.1 Å². The number of aliphatic carboxylic acids is 1. The van der Waals surface area contributed by atoms with Crippen LogP contribution in [0, 0.1) is 5.92 Å². The first kappa shape index (κ1) is 20.7. The van der Waals surface area contributed by atoms with Gasteiger partial charge < -0.3 is 19.0 Å². The van der Waals surface area contributed by atoms with Gasteiger partial charge in [-0.1, -0.05) is 29.3 Å². The second kappa shape index (κ2) is 8.68. The number of ether oxygens (including phenoxy) is 2. The molecular weight excluding hydrogens is 431 g/mol. The summed E-state index contributed by atoms with van der Waals surface area (Å²) in [6.07, 6.45) is 1.03. The molecule has 0 unspecified atom stereocenters. The van der Waals surface area contributed by atoms with E-state index in [4.69, 9.17) is 42.2 Å². The number of rotatable bonds is 7. The molecule has 0 aliphatic heterocycles. The highest BCUT2D eigenvalue weighted by atomic mass is 35.5. The van der Waals surface area contributed by atoms with Crippen molar-refractivity contribution in [2.24, 2.45) is 5.92 Å². The van der Waals surface area contributed by atoms with Gasteiger partial charge in [-0.3, -0.25) is 9.59 Å². The maximum absolute atomic E-state index is 12.4. The van der Waals surface area contributed by atoms with Crippen molar-refractivity contribution in [1.82, 2.24) is 0 Å². The van der Waals surface area contributed by atoms with Crippen molar-refractivity contribution in [2.45, 2.75) is 18.9 Å². The van der Waals surface area contributed by atoms with Gasteiger partial charge in [-0.2, -0.15) is 0 Å². The van der Waals surface area contributed by atoms with E-state index in [1.807, 2.05) is 0 Å². The first-order valence-electron chi connectivity index (χ1n) is 9.42. The molecule has 6 nitrogen and oxygen atoms in total. The molecule has 1 aliphatic carbocycles. The van der Waals surface area contributed by atoms with E-state index in [0.717, 1.165) is 0 Å². The molecule has 1 N–H and O–H groups in total. The molecule has 1 saturated carbocycles. The summed E-state index contributed by atoms with van der Waals surface area (Å²) in [7, 11) is 0. The number of carbonyl (C=O) groups is 1. The van der Waals surface area contributed by atoms with Crippen LogP contribution in [0.25, 0.3) is 22.3 Å². The largest absolute Gasteiger partial charge is 0.490 e. The van der Waals surface area contributed by atoms with E-state index < -0.39 is 5.97 Å². The van der Waals surface area contributed by atoms with Crippen LogP contribution in [-0.4, -0.2) is 30.4 Å². The highest BCUT2D eigenvalue weighted by Crippen LogP contribution is 2.33. The SMILES string of the molecule is O=C(O)C1CC(OCCOc2ccc(-c3cc(=O)c4cccc(Cl)c4o3)cc2Cl)C1. The van der Waals surface area contributed by atoms with Crippen LogP contribution in [0.4, 0.5) is 0 Å². The molecule has 0 atom stereocenters. The molecule has 0 saturated heterocycles. The van der Waals surface area contributed by atoms with E-state index in [1.54, 1.807) is 36.4 Å². The molecule has 1 aromatic heterocycles. The number of halogens is 2. The Balaban J connectivity index is 1.40. The summed E-state index contributed by atoms with van der Waals surface area (Å²) in [6.45, 7) is 0.626. The van der Waals surface area contributed by atoms with Crippen molar-refractivity contribution in [3.63, 3.8) is 0 Å². The van der Waals surface area contributed by atoms with Crippen LogP contribution in [0.15, 0.2) is 51.7 Å². The van der Waals surface area contributed by atoms with Gasteiger partial charge in [0.15, 0.2) is 11.0 Å². The number of benzene rings is 2. The lowest BCUT2D eigenvalue weighted by Crippen LogP contribution is -2.37. The highest BCUT2D eigenvalue weighted by Gasteiger charge is 2.34. The predicted molar refractivity (Wildman–Crippen MR) is 114 cm³/mol. The molecule has 4 rings (SSSR count). The fraction of sp³-hybridized carbons (Fsp3) is 0.273. The Bertz CT molecular complexity index is 1150. The van der Waals surface area contributed by atoms with Gasteiger partial charge >= 0.3 is 5.97 Å². The molecule has 1 heterocycles. The van der Waals surface area contributed by atoms with E-state index in [1.165, 1.54) is 6.07 Å². The zero-order valence-electron chi connectivity index (χ0n) is 15.8. The van der Waals surface area contributed by atoms with Gasteiger partial charge in [-0.25, -0.2) is 0 Å². The summed E-state index contributed by atoms with van der Waals surface area (Å²) in [4.78, 5) is 23.2. The summed E-state index contributed by atoms with van der Waals surface area (Å²) in [5, 5.41) is 10.0. The van der Waals surface area contributed by atoms with Crippen molar-refractivity contribution in [3.8, 4) is 17.1 Å². The standard InChI is InChI=1S/C22H18Cl2O6/c23-16-3-1-2-15-18(25)11-20(30-21(15)16)12-4-5-19(17(24)10-12)29-7-6-28-14-8-13(9-14)22(26)27/h1-5,10-11,13-14H,6-9H2,(H,26,27).